The molecule has 1 aliphatic rings. The lowest BCUT2D eigenvalue weighted by atomic mass is 10.4. The Morgan fingerprint density at radius 2 is 2.57 bits per heavy atom. The quantitative estimate of drug-likeness (QED) is 0.376. The Labute approximate surface area is 42.5 Å². The summed E-state index contributed by atoms with van der Waals surface area (Å²) in [6.07, 6.45) is 1.92. The van der Waals surface area contributed by atoms with Crippen LogP contribution in [0.2, 0.25) is 0 Å². The molecule has 1 heterocycles. The molecule has 0 aromatic heterocycles. The molecule has 0 saturated heterocycles. The lowest BCUT2D eigenvalue weighted by Crippen LogP contribution is -2.37. The van der Waals surface area contributed by atoms with Crippen LogP contribution in [0.15, 0.2) is 11.8 Å². The SMILES string of the molecule is CC1=CC(N)NN1. The zero-order valence-electron chi connectivity index (χ0n) is 4.23. The minimum absolute atomic E-state index is 0.000000000000000222. The van der Waals surface area contributed by atoms with Gasteiger partial charge in [-0.2, -0.15) is 0 Å². The fraction of sp³-hybridized carbons (Fsp3) is 0.500. The lowest BCUT2D eigenvalue weighted by molar-refractivity contribution is 0.590. The molecule has 0 radical (unpaired) electrons. The largest absolute Gasteiger partial charge is 0.324 e. The maximum atomic E-state index is 5.38. The zero-order valence-corrected chi connectivity index (χ0v) is 4.23. The van der Waals surface area contributed by atoms with Crippen LogP contribution in [0, 0.1) is 0 Å². The zero-order chi connectivity index (χ0) is 5.28. The standard InChI is InChI=1S/C4H9N3/c1-3-2-4(5)7-6-3/h2,4,6-7H,5H2,1H3. The molecule has 0 aromatic carbocycles. The fourth-order valence-electron chi connectivity index (χ4n) is 0.550. The van der Waals surface area contributed by atoms with E-state index >= 15 is 0 Å². The second-order valence-electron chi connectivity index (χ2n) is 1.64. The average molecular weight is 99.1 g/mol. The molecule has 1 unspecified atom stereocenters. The summed E-state index contributed by atoms with van der Waals surface area (Å²) < 4.78 is 0. The van der Waals surface area contributed by atoms with Crippen LogP contribution in [0.25, 0.3) is 0 Å². The maximum Gasteiger partial charge on any atom is 0.0932 e. The van der Waals surface area contributed by atoms with Gasteiger partial charge in [0.1, 0.15) is 0 Å². The highest BCUT2D eigenvalue weighted by Crippen LogP contribution is 1.91. The molecule has 0 aliphatic carbocycles. The summed E-state index contributed by atoms with van der Waals surface area (Å²) in [6, 6.07) is 0. The molecule has 7 heavy (non-hydrogen) atoms. The summed E-state index contributed by atoms with van der Waals surface area (Å²) in [5, 5.41) is 0. The van der Waals surface area contributed by atoms with Gasteiger partial charge in [0, 0.05) is 5.70 Å². The van der Waals surface area contributed by atoms with Crippen LogP contribution < -0.4 is 16.6 Å². The molecule has 40 valence electrons. The van der Waals surface area contributed by atoms with Gasteiger partial charge in [0.2, 0.25) is 0 Å². The van der Waals surface area contributed by atoms with E-state index in [-0.39, 0.29) is 6.17 Å². The van der Waals surface area contributed by atoms with E-state index in [0.717, 1.165) is 5.70 Å². The van der Waals surface area contributed by atoms with Crippen molar-refractivity contribution in [3.05, 3.63) is 11.8 Å². The van der Waals surface area contributed by atoms with E-state index in [2.05, 4.69) is 10.9 Å². The van der Waals surface area contributed by atoms with Gasteiger partial charge in [-0.05, 0) is 13.0 Å². The first kappa shape index (κ1) is 4.61. The first-order chi connectivity index (χ1) is 3.29. The number of rotatable bonds is 0. The van der Waals surface area contributed by atoms with Crippen molar-refractivity contribution in [2.24, 2.45) is 5.73 Å². The van der Waals surface area contributed by atoms with Crippen molar-refractivity contribution in [2.75, 3.05) is 0 Å². The van der Waals surface area contributed by atoms with Gasteiger partial charge in [0.25, 0.3) is 0 Å². The molecule has 0 aromatic rings. The van der Waals surface area contributed by atoms with Gasteiger partial charge >= 0.3 is 0 Å². The molecule has 0 bridgehead atoms. The third kappa shape index (κ3) is 0.913. The number of nitrogens with two attached hydrogens (primary N) is 1. The predicted octanol–water partition coefficient (Wildman–Crippen LogP) is -0.717. The molecule has 3 heteroatoms. The van der Waals surface area contributed by atoms with E-state index in [1.807, 2.05) is 13.0 Å². The van der Waals surface area contributed by atoms with Crippen molar-refractivity contribution in [3.8, 4) is 0 Å². The summed E-state index contributed by atoms with van der Waals surface area (Å²) >= 11 is 0. The van der Waals surface area contributed by atoms with E-state index in [9.17, 15) is 0 Å². The third-order valence-electron chi connectivity index (χ3n) is 0.866. The summed E-state index contributed by atoms with van der Waals surface area (Å²) in [4.78, 5) is 0. The summed E-state index contributed by atoms with van der Waals surface area (Å²) in [7, 11) is 0. The fourth-order valence-corrected chi connectivity index (χ4v) is 0.550. The van der Waals surface area contributed by atoms with Crippen LogP contribution in [0.3, 0.4) is 0 Å². The normalized spacial score (nSPS) is 29.4. The number of hydrogen-bond acceptors (Lipinski definition) is 3. The molecule has 0 fully saturated rings. The van der Waals surface area contributed by atoms with Crippen LogP contribution in [0.4, 0.5) is 0 Å². The van der Waals surface area contributed by atoms with Gasteiger partial charge < -0.3 is 11.2 Å². The van der Waals surface area contributed by atoms with Crippen molar-refractivity contribution >= 4 is 0 Å². The minimum atomic E-state index is -0.000000000000000222. The maximum absolute atomic E-state index is 5.38. The van der Waals surface area contributed by atoms with E-state index in [4.69, 9.17) is 5.73 Å². The third-order valence-corrected chi connectivity index (χ3v) is 0.866. The van der Waals surface area contributed by atoms with E-state index in [0.29, 0.717) is 0 Å². The van der Waals surface area contributed by atoms with E-state index in [1.54, 1.807) is 0 Å². The summed E-state index contributed by atoms with van der Waals surface area (Å²) in [5.41, 5.74) is 12.1. The highest BCUT2D eigenvalue weighted by atomic mass is 15.4. The predicted molar refractivity (Wildman–Crippen MR) is 28.0 cm³/mol. The van der Waals surface area contributed by atoms with E-state index < -0.39 is 0 Å². The van der Waals surface area contributed by atoms with Crippen LogP contribution in [0.1, 0.15) is 6.92 Å². The first-order valence-electron chi connectivity index (χ1n) is 2.24. The number of hydrazine groups is 1. The topological polar surface area (TPSA) is 50.1 Å². The molecule has 3 nitrogen and oxygen atoms in total. The van der Waals surface area contributed by atoms with Crippen LogP contribution >= 0.6 is 0 Å². The summed E-state index contributed by atoms with van der Waals surface area (Å²) in [6.45, 7) is 1.96. The van der Waals surface area contributed by atoms with Gasteiger partial charge in [0.05, 0.1) is 6.17 Å². The Kier molecular flexibility index (Phi) is 1.00. The van der Waals surface area contributed by atoms with Crippen molar-refractivity contribution in [1.82, 2.24) is 10.9 Å². The van der Waals surface area contributed by atoms with Gasteiger partial charge in [-0.25, -0.2) is 5.43 Å². The monoisotopic (exact) mass is 99.1 g/mol. The number of nitrogens with one attached hydrogen (secondary N) is 2. The average Bonchev–Trinajstić information content (AvgIpc) is 1.87. The van der Waals surface area contributed by atoms with Crippen molar-refractivity contribution in [1.29, 1.82) is 0 Å². The molecule has 0 spiro atoms. The minimum Gasteiger partial charge on any atom is -0.324 e. The smallest absolute Gasteiger partial charge is 0.0932 e. The second-order valence-corrected chi connectivity index (χ2v) is 1.64. The van der Waals surface area contributed by atoms with Crippen LogP contribution in [0.5, 0.6) is 0 Å². The van der Waals surface area contributed by atoms with Crippen molar-refractivity contribution in [2.45, 2.75) is 13.1 Å². The molecule has 1 rings (SSSR count). The van der Waals surface area contributed by atoms with Crippen molar-refractivity contribution in [3.63, 3.8) is 0 Å². The Hall–Kier alpha value is -0.540. The van der Waals surface area contributed by atoms with Gasteiger partial charge in [-0.1, -0.05) is 0 Å². The first-order valence-corrected chi connectivity index (χ1v) is 2.24. The summed E-state index contributed by atoms with van der Waals surface area (Å²) in [5.74, 6) is 0. The molecule has 1 atom stereocenters. The number of hydrogen-bond donors (Lipinski definition) is 3. The Morgan fingerprint density at radius 3 is 2.71 bits per heavy atom. The molecule has 4 N–H and O–H groups in total. The van der Waals surface area contributed by atoms with E-state index in [1.165, 1.54) is 0 Å². The molecule has 0 amide bonds. The number of allylic oxidation sites excluding steroid dienone is 1. The van der Waals surface area contributed by atoms with Crippen LogP contribution in [-0.2, 0) is 0 Å². The highest BCUT2D eigenvalue weighted by molar-refractivity contribution is 5.04. The van der Waals surface area contributed by atoms with Gasteiger partial charge in [-0.3, -0.25) is 0 Å². The van der Waals surface area contributed by atoms with Crippen LogP contribution in [-0.4, -0.2) is 6.17 Å². The lowest BCUT2D eigenvalue weighted by Gasteiger charge is -1.97. The molecular formula is C4H9N3. The molecular weight excluding hydrogens is 90.1 g/mol. The Balaban J connectivity index is 2.50. The molecule has 1 aliphatic heterocycles. The van der Waals surface area contributed by atoms with Gasteiger partial charge in [0.15, 0.2) is 0 Å². The Bertz CT molecular complexity index is 97.1. The highest BCUT2D eigenvalue weighted by Gasteiger charge is 2.02. The molecule has 0 saturated carbocycles. The second kappa shape index (κ2) is 1.52. The Morgan fingerprint density at radius 1 is 1.86 bits per heavy atom. The van der Waals surface area contributed by atoms with Gasteiger partial charge in [-0.15, -0.1) is 0 Å². The van der Waals surface area contributed by atoms with Crippen molar-refractivity contribution < 1.29 is 0 Å².